The van der Waals surface area contributed by atoms with E-state index in [0.29, 0.717) is 6.10 Å². The number of unbranched alkanes of at least 4 members (excludes halogenated alkanes) is 15. The van der Waals surface area contributed by atoms with Crippen molar-refractivity contribution in [2.24, 2.45) is 5.92 Å². The van der Waals surface area contributed by atoms with E-state index in [9.17, 15) is 0 Å². The molecule has 0 aliphatic carbocycles. The Bertz CT molecular complexity index is 459. The van der Waals surface area contributed by atoms with Crippen molar-refractivity contribution in [2.75, 3.05) is 32.2 Å². The Hall–Kier alpha value is -0.190. The molecular weight excluding hydrogens is 426 g/mol. The number of nitrogens with zero attached hydrogens (tertiary/aromatic N) is 1. The number of thioether (sulfide) groups is 1. The largest absolute Gasteiger partial charge is 0.379 e. The van der Waals surface area contributed by atoms with Gasteiger partial charge in [0.25, 0.3) is 0 Å². The van der Waals surface area contributed by atoms with Gasteiger partial charge in [0.2, 0.25) is 0 Å². The molecule has 0 saturated carbocycles. The molecule has 2 aliphatic heterocycles. The Kier molecular flexibility index (Phi) is 18.6. The summed E-state index contributed by atoms with van der Waals surface area (Å²) in [6, 6.07) is 0. The Balaban J connectivity index is 1.26. The number of hydrogen-bond acceptors (Lipinski definition) is 4. The van der Waals surface area contributed by atoms with Crippen LogP contribution < -0.4 is 0 Å². The third kappa shape index (κ3) is 16.2. The van der Waals surface area contributed by atoms with Crippen molar-refractivity contribution in [3.8, 4) is 0 Å². The molecule has 0 aromatic rings. The quantitative estimate of drug-likeness (QED) is 0.136. The highest BCUT2D eigenvalue weighted by molar-refractivity contribution is 8.02. The zero-order valence-corrected chi connectivity index (χ0v) is 22.8. The summed E-state index contributed by atoms with van der Waals surface area (Å²) >= 11 is 1.90. The van der Waals surface area contributed by atoms with Gasteiger partial charge in [-0.1, -0.05) is 103 Å². The topological polar surface area (TPSA) is 21.7 Å². The molecule has 1 fully saturated rings. The van der Waals surface area contributed by atoms with Crippen LogP contribution in [0.5, 0.6) is 0 Å². The molecule has 2 aliphatic rings. The van der Waals surface area contributed by atoms with Crippen LogP contribution in [0.3, 0.4) is 0 Å². The normalized spacial score (nSPS) is 20.3. The molecule has 2 rings (SSSR count). The third-order valence-electron chi connectivity index (χ3n) is 7.28. The fraction of sp³-hybridized carbons (Fsp3) is 0.931. The fourth-order valence-corrected chi connectivity index (χ4v) is 5.84. The molecule has 2 heterocycles. The summed E-state index contributed by atoms with van der Waals surface area (Å²) in [7, 11) is 0. The highest BCUT2D eigenvalue weighted by atomic mass is 32.2. The first-order chi connectivity index (χ1) is 16.4. The van der Waals surface area contributed by atoms with E-state index in [2.05, 4.69) is 23.4 Å². The highest BCUT2D eigenvalue weighted by Crippen LogP contribution is 2.25. The summed E-state index contributed by atoms with van der Waals surface area (Å²) in [6.07, 6.45) is 28.9. The van der Waals surface area contributed by atoms with E-state index in [0.717, 1.165) is 31.6 Å². The molecule has 2 unspecified atom stereocenters. The number of hydrogen-bond donors (Lipinski definition) is 0. The van der Waals surface area contributed by atoms with Crippen molar-refractivity contribution in [3.05, 3.63) is 11.6 Å². The summed E-state index contributed by atoms with van der Waals surface area (Å²) in [5.74, 6) is 1.93. The monoisotopic (exact) mass is 481 g/mol. The molecule has 3 nitrogen and oxygen atoms in total. The van der Waals surface area contributed by atoms with Crippen molar-refractivity contribution < 1.29 is 9.47 Å². The van der Waals surface area contributed by atoms with Gasteiger partial charge >= 0.3 is 0 Å². The third-order valence-corrected chi connectivity index (χ3v) is 8.07. The van der Waals surface area contributed by atoms with Crippen LogP contribution in [0, 0.1) is 5.92 Å². The maximum Gasteiger partial charge on any atom is 0.0812 e. The fourth-order valence-electron chi connectivity index (χ4n) is 5.09. The van der Waals surface area contributed by atoms with Gasteiger partial charge in [-0.25, -0.2) is 0 Å². The molecule has 2 atom stereocenters. The van der Waals surface area contributed by atoms with E-state index >= 15 is 0 Å². The Labute approximate surface area is 210 Å². The summed E-state index contributed by atoms with van der Waals surface area (Å²) in [6.45, 7) is 6.21. The number of rotatable bonds is 23. The van der Waals surface area contributed by atoms with E-state index in [-0.39, 0.29) is 0 Å². The van der Waals surface area contributed by atoms with Gasteiger partial charge in [0, 0.05) is 26.0 Å². The van der Waals surface area contributed by atoms with E-state index in [1.807, 2.05) is 11.8 Å². The van der Waals surface area contributed by atoms with Crippen molar-refractivity contribution in [3.63, 3.8) is 0 Å². The van der Waals surface area contributed by atoms with Crippen molar-refractivity contribution in [1.29, 1.82) is 0 Å². The SMILES string of the molecule is CCCCCCCCCCCCCCC1COC(COCCCCCCCN2C=CSC2)C1. The van der Waals surface area contributed by atoms with Crippen LogP contribution >= 0.6 is 11.8 Å². The van der Waals surface area contributed by atoms with Gasteiger partial charge in [-0.2, -0.15) is 0 Å². The van der Waals surface area contributed by atoms with Crippen LogP contribution in [-0.2, 0) is 9.47 Å². The van der Waals surface area contributed by atoms with Gasteiger partial charge in [0.05, 0.1) is 18.6 Å². The predicted molar refractivity (Wildman–Crippen MR) is 146 cm³/mol. The summed E-state index contributed by atoms with van der Waals surface area (Å²) < 4.78 is 11.9. The second-order valence-corrected chi connectivity index (χ2v) is 11.3. The average Bonchev–Trinajstić information content (AvgIpc) is 3.51. The van der Waals surface area contributed by atoms with Gasteiger partial charge in [-0.05, 0) is 37.0 Å². The first kappa shape index (κ1) is 29.0. The van der Waals surface area contributed by atoms with Crippen LogP contribution in [0.4, 0.5) is 0 Å². The predicted octanol–water partition coefficient (Wildman–Crippen LogP) is 8.93. The van der Waals surface area contributed by atoms with Crippen LogP contribution in [0.2, 0.25) is 0 Å². The lowest BCUT2D eigenvalue weighted by Crippen LogP contribution is -2.15. The van der Waals surface area contributed by atoms with Crippen LogP contribution in [0.25, 0.3) is 0 Å². The summed E-state index contributed by atoms with van der Waals surface area (Å²) in [5, 5.41) is 2.20. The molecule has 0 aromatic heterocycles. The smallest absolute Gasteiger partial charge is 0.0812 e. The molecule has 33 heavy (non-hydrogen) atoms. The molecule has 0 amide bonds. The molecule has 0 aromatic carbocycles. The second kappa shape index (κ2) is 21.1. The van der Waals surface area contributed by atoms with Crippen molar-refractivity contribution in [1.82, 2.24) is 4.90 Å². The lowest BCUT2D eigenvalue weighted by molar-refractivity contribution is 0.0153. The molecule has 0 radical (unpaired) electrons. The van der Waals surface area contributed by atoms with Crippen molar-refractivity contribution in [2.45, 2.75) is 135 Å². The average molecular weight is 482 g/mol. The van der Waals surface area contributed by atoms with E-state index in [4.69, 9.17) is 9.47 Å². The highest BCUT2D eigenvalue weighted by Gasteiger charge is 2.24. The first-order valence-electron chi connectivity index (χ1n) is 14.6. The first-order valence-corrected chi connectivity index (χ1v) is 15.6. The van der Waals surface area contributed by atoms with Crippen LogP contribution in [0.15, 0.2) is 11.6 Å². The maximum absolute atomic E-state index is 5.99. The Morgan fingerprint density at radius 2 is 1.45 bits per heavy atom. The Morgan fingerprint density at radius 1 is 0.818 bits per heavy atom. The van der Waals surface area contributed by atoms with Crippen LogP contribution in [-0.4, -0.2) is 43.2 Å². The molecule has 1 saturated heterocycles. The number of ether oxygens (including phenoxy) is 2. The molecular formula is C29H55NO2S. The molecule has 4 heteroatoms. The zero-order chi connectivity index (χ0) is 23.2. The Morgan fingerprint density at radius 3 is 2.12 bits per heavy atom. The summed E-state index contributed by atoms with van der Waals surface area (Å²) in [4.78, 5) is 2.42. The molecule has 0 spiro atoms. The lowest BCUT2D eigenvalue weighted by Gasteiger charge is -2.13. The van der Waals surface area contributed by atoms with E-state index < -0.39 is 0 Å². The van der Waals surface area contributed by atoms with E-state index in [1.54, 1.807) is 0 Å². The van der Waals surface area contributed by atoms with Gasteiger partial charge in [-0.15, -0.1) is 11.8 Å². The minimum absolute atomic E-state index is 0.360. The second-order valence-electron chi connectivity index (χ2n) is 10.5. The van der Waals surface area contributed by atoms with Gasteiger partial charge in [0.15, 0.2) is 0 Å². The zero-order valence-electron chi connectivity index (χ0n) is 22.0. The lowest BCUT2D eigenvalue weighted by atomic mass is 9.97. The minimum Gasteiger partial charge on any atom is -0.379 e. The van der Waals surface area contributed by atoms with Gasteiger partial charge < -0.3 is 14.4 Å². The molecule has 0 bridgehead atoms. The summed E-state index contributed by atoms with van der Waals surface area (Å²) in [5.41, 5.74) is 0. The van der Waals surface area contributed by atoms with Gasteiger partial charge in [-0.3, -0.25) is 0 Å². The minimum atomic E-state index is 0.360. The standard InChI is InChI=1S/C29H55NO2S/c1-2-3-4-5-6-7-8-9-10-11-13-16-19-28-24-29(32-25-28)26-31-22-18-15-12-14-17-20-30-21-23-33-27-30/h21,23,28-29H,2-20,22,24-27H2,1H3. The maximum atomic E-state index is 5.99. The molecule has 0 N–H and O–H groups in total. The van der Waals surface area contributed by atoms with Gasteiger partial charge in [0.1, 0.15) is 0 Å². The van der Waals surface area contributed by atoms with Crippen molar-refractivity contribution >= 4 is 11.8 Å². The van der Waals surface area contributed by atoms with E-state index in [1.165, 1.54) is 129 Å². The van der Waals surface area contributed by atoms with Crippen LogP contribution in [0.1, 0.15) is 129 Å². The molecule has 194 valence electrons.